The normalized spacial score (nSPS) is 14.4. The van der Waals surface area contributed by atoms with Crippen LogP contribution in [-0.4, -0.2) is 17.8 Å². The first-order valence-corrected chi connectivity index (χ1v) is 11.4. The Hall–Kier alpha value is -2.46. The molecule has 0 bridgehead atoms. The Morgan fingerprint density at radius 3 is 2.32 bits per heavy atom. The van der Waals surface area contributed by atoms with E-state index < -0.39 is 22.9 Å². The van der Waals surface area contributed by atoms with Gasteiger partial charge < -0.3 is 4.74 Å². The molecule has 0 N–H and O–H groups in total. The van der Waals surface area contributed by atoms with Gasteiger partial charge in [-0.05, 0) is 33.1 Å². The van der Waals surface area contributed by atoms with Gasteiger partial charge >= 0.3 is 0 Å². The van der Waals surface area contributed by atoms with Crippen molar-refractivity contribution in [1.29, 1.82) is 5.26 Å². The van der Waals surface area contributed by atoms with Crippen molar-refractivity contribution in [1.82, 2.24) is 4.98 Å². The summed E-state index contributed by atoms with van der Waals surface area (Å²) in [5, 5.41) is 9.98. The number of rotatable bonds is 6. The average Bonchev–Trinajstić information content (AvgIpc) is 2.70. The van der Waals surface area contributed by atoms with Crippen LogP contribution in [-0.2, 0) is 10.2 Å². The Bertz CT molecular complexity index is 995. The first-order chi connectivity index (χ1) is 14.7. The number of aromatic nitrogens is 1. The molecule has 3 rings (SSSR count). The number of halogens is 3. The maximum Gasteiger partial charge on any atom is 0.161 e. The Morgan fingerprint density at radius 2 is 1.84 bits per heavy atom. The van der Waals surface area contributed by atoms with Crippen molar-refractivity contribution in [3.63, 3.8) is 0 Å². The van der Waals surface area contributed by atoms with Gasteiger partial charge in [0.25, 0.3) is 0 Å². The molecule has 7 heteroatoms. The zero-order valence-corrected chi connectivity index (χ0v) is 19.1. The van der Waals surface area contributed by atoms with E-state index in [0.717, 1.165) is 23.9 Å². The van der Waals surface area contributed by atoms with Crippen molar-refractivity contribution in [2.75, 3.05) is 12.9 Å². The molecule has 166 valence electrons. The van der Waals surface area contributed by atoms with Crippen LogP contribution >= 0.6 is 11.8 Å². The van der Waals surface area contributed by atoms with E-state index in [2.05, 4.69) is 11.6 Å². The summed E-state index contributed by atoms with van der Waals surface area (Å²) in [6, 6.07) is 4.22. The first-order valence-electron chi connectivity index (χ1n) is 10.1. The molecule has 1 heterocycles. The minimum absolute atomic E-state index is 0.0544. The van der Waals surface area contributed by atoms with Crippen LogP contribution in [0.5, 0.6) is 0 Å². The van der Waals surface area contributed by atoms with E-state index in [1.807, 2.05) is 6.07 Å². The maximum absolute atomic E-state index is 15.3. The van der Waals surface area contributed by atoms with Gasteiger partial charge in [0.05, 0.1) is 12.7 Å². The predicted molar refractivity (Wildman–Crippen MR) is 118 cm³/mol. The average molecular weight is 449 g/mol. The number of hydrogen-bond donors (Lipinski definition) is 0. The Labute approximate surface area is 186 Å². The molecule has 0 radical (unpaired) electrons. The van der Waals surface area contributed by atoms with E-state index in [9.17, 15) is 14.0 Å². The highest BCUT2D eigenvalue weighted by Crippen LogP contribution is 2.41. The van der Waals surface area contributed by atoms with Gasteiger partial charge in [0.2, 0.25) is 0 Å². The number of pyridine rings is 1. The predicted octanol–water partition coefficient (Wildman–Crippen LogP) is 6.93. The fraction of sp³-hybridized carbons (Fsp3) is 0.417. The number of hydrogen-bond acceptors (Lipinski definition) is 4. The number of nitriles is 1. The Balaban J connectivity index is 0.000000762. The van der Waals surface area contributed by atoms with Crippen LogP contribution in [0.15, 0.2) is 29.9 Å². The molecule has 1 aromatic carbocycles. The molecular formula is C24H27F3N2OS. The fourth-order valence-corrected chi connectivity index (χ4v) is 3.55. The lowest BCUT2D eigenvalue weighted by atomic mass is 9.74. The lowest BCUT2D eigenvalue weighted by Gasteiger charge is -2.28. The monoisotopic (exact) mass is 448 g/mol. The van der Waals surface area contributed by atoms with E-state index in [4.69, 9.17) is 4.74 Å². The third kappa shape index (κ3) is 5.07. The maximum atomic E-state index is 15.3. The van der Waals surface area contributed by atoms with E-state index in [-0.39, 0.29) is 39.6 Å². The van der Waals surface area contributed by atoms with Crippen LogP contribution < -0.4 is 0 Å². The second-order valence-corrected chi connectivity index (χ2v) is 8.21. The van der Waals surface area contributed by atoms with Gasteiger partial charge in [-0.3, -0.25) is 0 Å². The lowest BCUT2D eigenvalue weighted by molar-refractivity contribution is 0.298. The topological polar surface area (TPSA) is 45.9 Å². The molecule has 1 fully saturated rings. The van der Waals surface area contributed by atoms with Crippen LogP contribution in [0.2, 0.25) is 0 Å². The molecular weight excluding hydrogens is 421 g/mol. The van der Waals surface area contributed by atoms with Crippen molar-refractivity contribution in [3.8, 4) is 6.07 Å². The van der Waals surface area contributed by atoms with Crippen molar-refractivity contribution < 1.29 is 17.9 Å². The Kier molecular flexibility index (Phi) is 8.58. The highest BCUT2D eigenvalue weighted by Gasteiger charge is 2.39. The third-order valence-electron chi connectivity index (χ3n) is 5.38. The minimum atomic E-state index is -1.75. The van der Waals surface area contributed by atoms with E-state index in [1.165, 1.54) is 45.7 Å². The summed E-state index contributed by atoms with van der Waals surface area (Å²) in [5.41, 5.74) is -2.06. The van der Waals surface area contributed by atoms with Crippen molar-refractivity contribution in [3.05, 3.63) is 64.6 Å². The lowest BCUT2D eigenvalue weighted by Crippen LogP contribution is -2.27. The van der Waals surface area contributed by atoms with Crippen LogP contribution in [0.4, 0.5) is 13.2 Å². The minimum Gasteiger partial charge on any atom is -0.494 e. The van der Waals surface area contributed by atoms with Crippen LogP contribution in [0, 0.1) is 35.7 Å². The molecule has 3 nitrogen and oxygen atoms in total. The SMILES string of the molecule is C1CCC1.C=C(OCC)c1cnc(SC)c(F)c1C(C)(C#N)c1ccc(F)c(C)c1F. The number of nitrogens with zero attached hydrogens (tertiary/aromatic N) is 2. The molecule has 31 heavy (non-hydrogen) atoms. The second kappa shape index (κ2) is 10.7. The third-order valence-corrected chi connectivity index (χ3v) is 6.05. The molecule has 1 saturated carbocycles. The molecule has 0 aliphatic heterocycles. The van der Waals surface area contributed by atoms with Gasteiger partial charge in [0, 0.05) is 28.5 Å². The summed E-state index contributed by atoms with van der Waals surface area (Å²) in [7, 11) is 0. The zero-order chi connectivity index (χ0) is 23.2. The molecule has 0 amide bonds. The Morgan fingerprint density at radius 1 is 1.23 bits per heavy atom. The quantitative estimate of drug-likeness (QED) is 0.355. The van der Waals surface area contributed by atoms with Crippen molar-refractivity contribution in [2.45, 2.75) is 56.9 Å². The molecule has 0 spiro atoms. The van der Waals surface area contributed by atoms with Gasteiger partial charge in [-0.25, -0.2) is 18.2 Å². The van der Waals surface area contributed by atoms with Gasteiger partial charge in [-0.1, -0.05) is 38.3 Å². The standard InChI is InChI=1S/C20H19F3N2OS.C4H8/c1-6-26-12(3)13-9-25-19(27-5)18(23)16(13)20(4,10-24)14-7-8-15(21)11(2)17(14)22;1-2-4-3-1/h7-9H,3,6H2,1-2,4-5H3;1-4H2. The molecule has 1 aliphatic carbocycles. The van der Waals surface area contributed by atoms with Crippen LogP contribution in [0.1, 0.15) is 61.8 Å². The summed E-state index contributed by atoms with van der Waals surface area (Å²) >= 11 is 1.06. The van der Waals surface area contributed by atoms with Gasteiger partial charge in [-0.15, -0.1) is 11.8 Å². The fourth-order valence-electron chi connectivity index (χ4n) is 3.11. The molecule has 1 unspecified atom stereocenters. The largest absolute Gasteiger partial charge is 0.494 e. The summed E-state index contributed by atoms with van der Waals surface area (Å²) in [5.74, 6) is -2.28. The van der Waals surface area contributed by atoms with Crippen molar-refractivity contribution >= 4 is 17.5 Å². The molecule has 1 atom stereocenters. The number of benzene rings is 1. The van der Waals surface area contributed by atoms with Gasteiger partial charge in [0.1, 0.15) is 27.8 Å². The van der Waals surface area contributed by atoms with E-state index in [0.29, 0.717) is 0 Å². The summed E-state index contributed by atoms with van der Waals surface area (Å²) < 4.78 is 49.2. The zero-order valence-electron chi connectivity index (χ0n) is 18.3. The molecule has 1 aliphatic rings. The molecule has 1 aromatic heterocycles. The summed E-state index contributed by atoms with van der Waals surface area (Å²) in [6.07, 6.45) is 8.99. The summed E-state index contributed by atoms with van der Waals surface area (Å²) in [4.78, 5) is 4.04. The summed E-state index contributed by atoms with van der Waals surface area (Å²) in [6.45, 7) is 8.43. The van der Waals surface area contributed by atoms with Crippen LogP contribution in [0.3, 0.4) is 0 Å². The van der Waals surface area contributed by atoms with E-state index in [1.54, 1.807) is 13.2 Å². The number of thioether (sulfide) groups is 1. The molecule has 2 aromatic rings. The van der Waals surface area contributed by atoms with Crippen LogP contribution in [0.25, 0.3) is 5.76 Å². The first kappa shape index (κ1) is 24.8. The van der Waals surface area contributed by atoms with E-state index >= 15 is 4.39 Å². The smallest absolute Gasteiger partial charge is 0.161 e. The highest BCUT2D eigenvalue weighted by molar-refractivity contribution is 7.98. The van der Waals surface area contributed by atoms with Gasteiger partial charge in [-0.2, -0.15) is 5.26 Å². The molecule has 0 saturated heterocycles. The second-order valence-electron chi connectivity index (χ2n) is 7.41. The van der Waals surface area contributed by atoms with Gasteiger partial charge in [0.15, 0.2) is 5.82 Å². The van der Waals surface area contributed by atoms with Crippen molar-refractivity contribution in [2.24, 2.45) is 0 Å². The highest BCUT2D eigenvalue weighted by atomic mass is 32.2. The number of ether oxygens (including phenoxy) is 1.